The van der Waals surface area contributed by atoms with Gasteiger partial charge in [0.1, 0.15) is 6.04 Å². The topological polar surface area (TPSA) is 87.2 Å². The van der Waals surface area contributed by atoms with Crippen LogP contribution in [-0.4, -0.2) is 86.4 Å². The lowest BCUT2D eigenvalue weighted by atomic mass is 9.71. The smallest absolute Gasteiger partial charge is 0.310 e. The number of ether oxygens (including phenoxy) is 1. The number of thioether (sulfide) groups is 1. The lowest BCUT2D eigenvalue weighted by Gasteiger charge is -2.37. The Kier molecular flexibility index (Phi) is 10.3. The molecule has 3 fully saturated rings. The fraction of sp³-hybridized carbons (Fsp3) is 0.731. The van der Waals surface area contributed by atoms with Gasteiger partial charge in [0.2, 0.25) is 11.8 Å². The molecule has 9 heteroatoms. The van der Waals surface area contributed by atoms with Crippen molar-refractivity contribution in [2.24, 2.45) is 11.8 Å². The van der Waals surface area contributed by atoms with Crippen LogP contribution in [0.1, 0.15) is 51.9 Å². The van der Waals surface area contributed by atoms with E-state index in [1.807, 2.05) is 4.90 Å². The molecule has 0 radical (unpaired) electrons. The minimum atomic E-state index is -0.664. The number of carbonyl (C=O) groups excluding carboxylic acids is 3. The molecule has 7 nitrogen and oxygen atoms in total. The minimum Gasteiger partial charge on any atom is -0.465 e. The Bertz CT molecular complexity index is 811. The number of rotatable bonds is 15. The maximum Gasteiger partial charge on any atom is 0.310 e. The van der Waals surface area contributed by atoms with Crippen LogP contribution in [-0.2, 0) is 19.1 Å². The zero-order valence-electron chi connectivity index (χ0n) is 20.7. The van der Waals surface area contributed by atoms with Crippen LogP contribution in [0.4, 0.5) is 0 Å². The second kappa shape index (κ2) is 12.8. The third-order valence-electron chi connectivity index (χ3n) is 7.34. The minimum absolute atomic E-state index is 0.0264. The van der Waals surface area contributed by atoms with E-state index in [1.54, 1.807) is 28.8 Å². The summed E-state index contributed by atoms with van der Waals surface area (Å²) in [6.45, 7) is 11.4. The SMILES string of the molecule is C=CCCCOC(=O)[C@H]1[C@@H]2SC3(CC2Br)C(C(=O)N(CC=C)CCCC)N(CCCCO)C(=O)[C@H]13. The van der Waals surface area contributed by atoms with Gasteiger partial charge in [-0.15, -0.1) is 24.9 Å². The van der Waals surface area contributed by atoms with E-state index in [4.69, 9.17) is 4.74 Å². The molecule has 2 amide bonds. The van der Waals surface area contributed by atoms with Gasteiger partial charge in [-0.3, -0.25) is 14.4 Å². The second-order valence-electron chi connectivity index (χ2n) is 9.65. The lowest BCUT2D eigenvalue weighted by molar-refractivity contribution is -0.154. The Labute approximate surface area is 221 Å². The van der Waals surface area contributed by atoms with Gasteiger partial charge in [-0.2, -0.15) is 0 Å². The molecule has 1 N–H and O–H groups in total. The highest BCUT2D eigenvalue weighted by atomic mass is 79.9. The Balaban J connectivity index is 1.94. The molecule has 3 unspecified atom stereocenters. The summed E-state index contributed by atoms with van der Waals surface area (Å²) in [6, 6.07) is -0.635. The highest BCUT2D eigenvalue weighted by Gasteiger charge is 2.76. The number of likely N-dealkylation sites (tertiary alicyclic amines) is 1. The molecule has 0 aliphatic carbocycles. The van der Waals surface area contributed by atoms with Crippen molar-refractivity contribution in [1.82, 2.24) is 9.80 Å². The first-order chi connectivity index (χ1) is 16.9. The molecule has 0 saturated carbocycles. The molecule has 3 rings (SSSR count). The summed E-state index contributed by atoms with van der Waals surface area (Å²) in [7, 11) is 0. The average molecular weight is 572 g/mol. The van der Waals surface area contributed by atoms with E-state index in [0.717, 1.165) is 19.3 Å². The lowest BCUT2D eigenvalue weighted by Crippen LogP contribution is -2.55. The number of halogens is 1. The first-order valence-electron chi connectivity index (χ1n) is 12.8. The summed E-state index contributed by atoms with van der Waals surface area (Å²) < 4.78 is 4.95. The van der Waals surface area contributed by atoms with Crippen LogP contribution in [0, 0.1) is 11.8 Å². The third-order valence-corrected chi connectivity index (χ3v) is 10.6. The molecule has 3 heterocycles. The Hall–Kier alpha value is -1.32. The highest BCUT2D eigenvalue weighted by molar-refractivity contribution is 9.09. The Morgan fingerprint density at radius 3 is 2.71 bits per heavy atom. The standard InChI is InChI=1S/C26H39BrN2O5S/c1-4-7-11-16-34-25(33)19-20-23(31)29(14-9-10-15-30)22(26(20)17-18(27)21(19)35-26)24(32)28(12-6-3)13-8-5-2/h4,6,18-22,30H,1,3,5,7-17H2,2H3/t18?,19-,20+,21-,22?,26?/m1/s1. The maximum atomic E-state index is 14.1. The Morgan fingerprint density at radius 2 is 2.06 bits per heavy atom. The van der Waals surface area contributed by atoms with Gasteiger partial charge in [-0.1, -0.05) is 41.4 Å². The number of carbonyl (C=O) groups is 3. The van der Waals surface area contributed by atoms with Crippen molar-refractivity contribution in [1.29, 1.82) is 0 Å². The van der Waals surface area contributed by atoms with Gasteiger partial charge in [0.15, 0.2) is 0 Å². The highest BCUT2D eigenvalue weighted by Crippen LogP contribution is 2.68. The van der Waals surface area contributed by atoms with E-state index in [2.05, 4.69) is 36.0 Å². The molecule has 196 valence electrons. The largest absolute Gasteiger partial charge is 0.465 e. The average Bonchev–Trinajstić information content (AvgIpc) is 3.43. The first kappa shape index (κ1) is 28.3. The normalized spacial score (nSPS) is 30.9. The van der Waals surface area contributed by atoms with Crippen molar-refractivity contribution >= 4 is 45.5 Å². The van der Waals surface area contributed by atoms with E-state index in [0.29, 0.717) is 51.9 Å². The summed E-state index contributed by atoms with van der Waals surface area (Å²) >= 11 is 5.40. The van der Waals surface area contributed by atoms with Crippen molar-refractivity contribution in [2.75, 3.05) is 32.8 Å². The zero-order chi connectivity index (χ0) is 25.6. The number of aliphatic hydroxyl groups is 1. The number of unbranched alkanes of at least 4 members (excludes halogenated alkanes) is 3. The molecule has 2 bridgehead atoms. The van der Waals surface area contributed by atoms with E-state index < -0.39 is 22.6 Å². The summed E-state index contributed by atoms with van der Waals surface area (Å²) in [5.41, 5.74) is 0. The van der Waals surface area contributed by atoms with Gasteiger partial charge in [-0.25, -0.2) is 0 Å². The summed E-state index contributed by atoms with van der Waals surface area (Å²) in [5.74, 6) is -1.67. The molecule has 0 aromatic rings. The zero-order valence-corrected chi connectivity index (χ0v) is 23.1. The number of alkyl halides is 1. The number of allylic oxidation sites excluding steroid dienone is 1. The van der Waals surface area contributed by atoms with Gasteiger partial charge in [-0.05, 0) is 38.5 Å². The predicted octanol–water partition coefficient (Wildman–Crippen LogP) is 3.55. The number of hydrogen-bond acceptors (Lipinski definition) is 6. The number of fused-ring (bicyclic) bond motifs is 1. The van der Waals surface area contributed by atoms with Crippen LogP contribution in [0.15, 0.2) is 25.3 Å². The van der Waals surface area contributed by atoms with Crippen LogP contribution < -0.4 is 0 Å². The van der Waals surface area contributed by atoms with Crippen molar-refractivity contribution in [3.63, 3.8) is 0 Å². The summed E-state index contributed by atoms with van der Waals surface area (Å²) in [5, 5.41) is 9.20. The van der Waals surface area contributed by atoms with E-state index in [-0.39, 0.29) is 34.5 Å². The Morgan fingerprint density at radius 1 is 1.29 bits per heavy atom. The van der Waals surface area contributed by atoms with Crippen LogP contribution in [0.3, 0.4) is 0 Å². The fourth-order valence-electron chi connectivity index (χ4n) is 5.78. The van der Waals surface area contributed by atoms with Gasteiger partial charge in [0.25, 0.3) is 0 Å². The van der Waals surface area contributed by atoms with Gasteiger partial charge >= 0.3 is 5.97 Å². The molecule has 35 heavy (non-hydrogen) atoms. The molecule has 3 saturated heterocycles. The van der Waals surface area contributed by atoms with E-state index in [9.17, 15) is 19.5 Å². The third kappa shape index (κ3) is 5.52. The predicted molar refractivity (Wildman–Crippen MR) is 142 cm³/mol. The molecule has 3 aliphatic heterocycles. The molecule has 1 spiro atoms. The van der Waals surface area contributed by atoms with E-state index in [1.165, 1.54) is 0 Å². The fourth-order valence-corrected chi connectivity index (χ4v) is 9.37. The second-order valence-corrected chi connectivity index (χ2v) is 12.4. The quantitative estimate of drug-likeness (QED) is 0.140. The molecular formula is C26H39BrN2O5S. The van der Waals surface area contributed by atoms with Crippen molar-refractivity contribution < 1.29 is 24.2 Å². The number of nitrogens with zero attached hydrogens (tertiary/aromatic N) is 2. The molecule has 3 aliphatic rings. The number of amides is 2. The number of aliphatic hydroxyl groups excluding tert-OH is 1. The van der Waals surface area contributed by atoms with E-state index >= 15 is 0 Å². The van der Waals surface area contributed by atoms with Gasteiger partial charge in [0, 0.05) is 36.3 Å². The van der Waals surface area contributed by atoms with Crippen molar-refractivity contribution in [3.8, 4) is 0 Å². The summed E-state index contributed by atoms with van der Waals surface area (Å²) in [4.78, 5) is 44.8. The molecule has 0 aromatic heterocycles. The van der Waals surface area contributed by atoms with Crippen LogP contribution in [0.5, 0.6) is 0 Å². The molecule has 0 aromatic carbocycles. The molecular weight excluding hydrogens is 532 g/mol. The van der Waals surface area contributed by atoms with Crippen molar-refractivity contribution in [2.45, 2.75) is 72.7 Å². The van der Waals surface area contributed by atoms with Gasteiger partial charge < -0.3 is 19.6 Å². The first-order valence-corrected chi connectivity index (χ1v) is 14.6. The van der Waals surface area contributed by atoms with Gasteiger partial charge in [0.05, 0.1) is 23.2 Å². The van der Waals surface area contributed by atoms with Crippen LogP contribution in [0.25, 0.3) is 0 Å². The summed E-state index contributed by atoms with van der Waals surface area (Å²) in [6.07, 6.45) is 8.62. The number of esters is 1. The molecule has 6 atom stereocenters. The number of hydrogen-bond donors (Lipinski definition) is 1. The van der Waals surface area contributed by atoms with Crippen molar-refractivity contribution in [3.05, 3.63) is 25.3 Å². The van der Waals surface area contributed by atoms with Crippen LogP contribution >= 0.6 is 27.7 Å². The monoisotopic (exact) mass is 570 g/mol. The maximum absolute atomic E-state index is 14.1. The van der Waals surface area contributed by atoms with Crippen LogP contribution in [0.2, 0.25) is 0 Å².